The van der Waals surface area contributed by atoms with Crippen LogP contribution in [0.2, 0.25) is 5.02 Å². The molecule has 1 unspecified atom stereocenters. The molecule has 1 aromatic heterocycles. The molecule has 7 heteroatoms. The Morgan fingerprint density at radius 3 is 2.86 bits per heavy atom. The molecule has 1 aliphatic rings. The Kier molecular flexibility index (Phi) is 6.75. The van der Waals surface area contributed by atoms with E-state index in [0.717, 1.165) is 41.0 Å². The molecule has 0 N–H and O–H groups in total. The minimum absolute atomic E-state index is 0.0641. The number of aryl methyl sites for hydroxylation is 1. The number of fused-ring (bicyclic) bond motifs is 1. The summed E-state index contributed by atoms with van der Waals surface area (Å²) in [5.74, 6) is 1.28. The smallest absolute Gasteiger partial charge is 0.238 e. The van der Waals surface area contributed by atoms with Crippen LogP contribution in [0, 0.1) is 6.92 Å². The molecule has 4 nitrogen and oxygen atoms in total. The number of aromatic nitrogens is 1. The fraction of sp³-hybridized carbons (Fsp3) is 0.364. The minimum Gasteiger partial charge on any atom is -0.376 e. The van der Waals surface area contributed by atoms with E-state index in [2.05, 4.69) is 12.1 Å². The van der Waals surface area contributed by atoms with Gasteiger partial charge in [0, 0.05) is 12.4 Å². The van der Waals surface area contributed by atoms with E-state index in [1.54, 1.807) is 16.7 Å². The van der Waals surface area contributed by atoms with Crippen LogP contribution in [0.1, 0.15) is 24.0 Å². The summed E-state index contributed by atoms with van der Waals surface area (Å²) in [7, 11) is 0. The molecule has 1 fully saturated rings. The third-order valence-electron chi connectivity index (χ3n) is 4.97. The number of thiazole rings is 1. The fourth-order valence-corrected chi connectivity index (χ4v) is 5.60. The molecule has 2 heterocycles. The quantitative estimate of drug-likeness (QED) is 0.466. The molecule has 0 bridgehead atoms. The number of carbonyl (C=O) groups is 1. The maximum atomic E-state index is 13.2. The van der Waals surface area contributed by atoms with E-state index in [9.17, 15) is 4.79 Å². The van der Waals surface area contributed by atoms with Crippen LogP contribution >= 0.6 is 34.7 Å². The van der Waals surface area contributed by atoms with Crippen molar-refractivity contribution in [2.45, 2.75) is 31.6 Å². The first-order chi connectivity index (χ1) is 14.1. The molecule has 2 aromatic carbocycles. The molecule has 1 atom stereocenters. The summed E-state index contributed by atoms with van der Waals surface area (Å²) in [5, 5.41) is 1.38. The van der Waals surface area contributed by atoms with Gasteiger partial charge < -0.3 is 4.74 Å². The van der Waals surface area contributed by atoms with Gasteiger partial charge in [0.15, 0.2) is 5.13 Å². The lowest BCUT2D eigenvalue weighted by atomic mass is 10.2. The number of rotatable bonds is 7. The lowest BCUT2D eigenvalue weighted by Crippen LogP contribution is -2.38. The molecule has 1 saturated heterocycles. The van der Waals surface area contributed by atoms with Crippen LogP contribution in [0.5, 0.6) is 0 Å². The Morgan fingerprint density at radius 1 is 1.31 bits per heavy atom. The van der Waals surface area contributed by atoms with Gasteiger partial charge >= 0.3 is 0 Å². The molecule has 3 aromatic rings. The second-order valence-corrected chi connectivity index (χ2v) is 9.53. The van der Waals surface area contributed by atoms with Gasteiger partial charge in [-0.15, -0.1) is 11.8 Å². The van der Waals surface area contributed by atoms with Crippen LogP contribution < -0.4 is 4.90 Å². The predicted octanol–water partition coefficient (Wildman–Crippen LogP) is 5.70. The van der Waals surface area contributed by atoms with Gasteiger partial charge in [0.05, 0.1) is 33.6 Å². The van der Waals surface area contributed by atoms with Crippen molar-refractivity contribution in [2.75, 3.05) is 23.8 Å². The Hall–Kier alpha value is -1.60. The van der Waals surface area contributed by atoms with Gasteiger partial charge in [-0.3, -0.25) is 9.69 Å². The number of ether oxygens (including phenoxy) is 1. The van der Waals surface area contributed by atoms with Crippen LogP contribution in [-0.4, -0.2) is 35.9 Å². The van der Waals surface area contributed by atoms with Crippen LogP contribution in [0.15, 0.2) is 42.5 Å². The van der Waals surface area contributed by atoms with E-state index in [1.165, 1.54) is 16.9 Å². The van der Waals surface area contributed by atoms with Gasteiger partial charge in [0.1, 0.15) is 0 Å². The highest BCUT2D eigenvalue weighted by Crippen LogP contribution is 2.36. The van der Waals surface area contributed by atoms with Crippen molar-refractivity contribution in [3.8, 4) is 0 Å². The average molecular weight is 447 g/mol. The molecule has 152 valence electrons. The summed E-state index contributed by atoms with van der Waals surface area (Å²) < 4.78 is 6.73. The second kappa shape index (κ2) is 9.47. The normalized spacial score (nSPS) is 16.4. The van der Waals surface area contributed by atoms with Crippen molar-refractivity contribution in [3.05, 3.63) is 58.6 Å². The third-order valence-corrected chi connectivity index (χ3v) is 7.49. The van der Waals surface area contributed by atoms with Crippen molar-refractivity contribution in [1.82, 2.24) is 4.98 Å². The number of thioether (sulfide) groups is 1. The van der Waals surface area contributed by atoms with Crippen LogP contribution in [0.3, 0.4) is 0 Å². The van der Waals surface area contributed by atoms with Gasteiger partial charge in [-0.1, -0.05) is 59.3 Å². The zero-order valence-corrected chi connectivity index (χ0v) is 18.7. The van der Waals surface area contributed by atoms with E-state index in [4.69, 9.17) is 21.3 Å². The largest absolute Gasteiger partial charge is 0.376 e. The molecular formula is C22H23ClN2O2S2. The summed E-state index contributed by atoms with van der Waals surface area (Å²) in [5.41, 5.74) is 3.16. The van der Waals surface area contributed by atoms with E-state index in [-0.39, 0.29) is 12.0 Å². The highest BCUT2D eigenvalue weighted by atomic mass is 35.5. The number of halogens is 1. The summed E-state index contributed by atoms with van der Waals surface area (Å²) >= 11 is 9.50. The van der Waals surface area contributed by atoms with Crippen LogP contribution in [0.25, 0.3) is 10.2 Å². The Morgan fingerprint density at radius 2 is 2.14 bits per heavy atom. The molecule has 4 rings (SSSR count). The number of carbonyl (C=O) groups excluding carboxylic acids is 1. The highest BCUT2D eigenvalue weighted by Gasteiger charge is 2.26. The molecule has 0 aliphatic carbocycles. The number of amides is 1. The van der Waals surface area contributed by atoms with E-state index >= 15 is 0 Å². The first kappa shape index (κ1) is 20.7. The van der Waals surface area contributed by atoms with Gasteiger partial charge in [-0.25, -0.2) is 4.98 Å². The van der Waals surface area contributed by atoms with Crippen molar-refractivity contribution in [1.29, 1.82) is 0 Å². The monoisotopic (exact) mass is 446 g/mol. The second-order valence-electron chi connectivity index (χ2n) is 7.16. The van der Waals surface area contributed by atoms with E-state index in [0.29, 0.717) is 22.5 Å². The van der Waals surface area contributed by atoms with Crippen molar-refractivity contribution >= 4 is 56.0 Å². The fourth-order valence-electron chi connectivity index (χ4n) is 3.39. The highest BCUT2D eigenvalue weighted by molar-refractivity contribution is 7.99. The molecule has 0 spiro atoms. The summed E-state index contributed by atoms with van der Waals surface area (Å²) in [6, 6.07) is 14.1. The zero-order chi connectivity index (χ0) is 20.2. The number of anilines is 1. The van der Waals surface area contributed by atoms with Crippen LogP contribution in [0.4, 0.5) is 5.13 Å². The maximum absolute atomic E-state index is 13.2. The Labute approximate surface area is 184 Å². The van der Waals surface area contributed by atoms with E-state index in [1.807, 2.05) is 37.3 Å². The summed E-state index contributed by atoms with van der Waals surface area (Å²) in [6.45, 7) is 3.32. The van der Waals surface area contributed by atoms with Crippen molar-refractivity contribution in [3.63, 3.8) is 0 Å². The number of nitrogens with zero attached hydrogens (tertiary/aromatic N) is 2. The lowest BCUT2D eigenvalue weighted by molar-refractivity contribution is -0.116. The molecule has 1 aliphatic heterocycles. The molecule has 29 heavy (non-hydrogen) atoms. The van der Waals surface area contributed by atoms with Crippen LogP contribution in [-0.2, 0) is 15.3 Å². The number of benzene rings is 2. The summed E-state index contributed by atoms with van der Waals surface area (Å²) in [6.07, 6.45) is 2.09. The first-order valence-electron chi connectivity index (χ1n) is 9.71. The number of hydrogen-bond acceptors (Lipinski definition) is 5. The van der Waals surface area contributed by atoms with E-state index < -0.39 is 0 Å². The minimum atomic E-state index is 0.0641. The molecular weight excluding hydrogens is 424 g/mol. The standard InChI is InChI=1S/C22H23ClN2O2S2/c1-15-9-10-18(23)21-20(15)24-22(29-21)25(12-17-8-5-11-27-17)19(26)14-28-13-16-6-3-2-4-7-16/h2-4,6-7,9-10,17H,5,8,11-14H2,1H3. The zero-order valence-electron chi connectivity index (χ0n) is 16.3. The Balaban J connectivity index is 1.53. The summed E-state index contributed by atoms with van der Waals surface area (Å²) in [4.78, 5) is 19.7. The van der Waals surface area contributed by atoms with Gasteiger partial charge in [0.25, 0.3) is 0 Å². The molecule has 0 radical (unpaired) electrons. The Bertz CT molecular complexity index is 948. The van der Waals surface area contributed by atoms with Crippen molar-refractivity contribution < 1.29 is 9.53 Å². The third kappa shape index (κ3) is 4.94. The maximum Gasteiger partial charge on any atom is 0.238 e. The van der Waals surface area contributed by atoms with Gasteiger partial charge in [0.2, 0.25) is 5.91 Å². The molecule has 0 saturated carbocycles. The molecule has 1 amide bonds. The SMILES string of the molecule is Cc1ccc(Cl)c2sc(N(CC3CCCO3)C(=O)CSCc3ccccc3)nc12. The van der Waals surface area contributed by atoms with Gasteiger partial charge in [-0.2, -0.15) is 0 Å². The predicted molar refractivity (Wildman–Crippen MR) is 123 cm³/mol. The van der Waals surface area contributed by atoms with Gasteiger partial charge in [-0.05, 0) is 37.0 Å². The topological polar surface area (TPSA) is 42.4 Å². The van der Waals surface area contributed by atoms with Crippen molar-refractivity contribution in [2.24, 2.45) is 0 Å². The average Bonchev–Trinajstić information content (AvgIpc) is 3.40. The lowest BCUT2D eigenvalue weighted by Gasteiger charge is -2.23. The number of hydrogen-bond donors (Lipinski definition) is 0. The first-order valence-corrected chi connectivity index (χ1v) is 12.1.